The molecular formula is C8H9NO3S. The zero-order chi connectivity index (χ0) is 10.3. The summed E-state index contributed by atoms with van der Waals surface area (Å²) < 4.78 is 37.9. The Labute approximate surface area is 77.8 Å². The van der Waals surface area contributed by atoms with Crippen molar-refractivity contribution in [2.45, 2.75) is 11.3 Å². The van der Waals surface area contributed by atoms with Gasteiger partial charge in [0.1, 0.15) is 0 Å². The predicted octanol–water partition coefficient (Wildman–Crippen LogP) is 0.901. The number of nitrogens with one attached hydrogen (secondary N) is 1. The lowest BCUT2D eigenvalue weighted by Gasteiger charge is -2.01. The second kappa shape index (κ2) is 2.71. The summed E-state index contributed by atoms with van der Waals surface area (Å²) in [7, 11) is -4.12. The Morgan fingerprint density at radius 2 is 2.31 bits per heavy atom. The van der Waals surface area contributed by atoms with Crippen molar-refractivity contribution >= 4 is 15.8 Å². The van der Waals surface area contributed by atoms with Crippen LogP contribution in [0.1, 0.15) is 5.56 Å². The van der Waals surface area contributed by atoms with Crippen molar-refractivity contribution in [1.82, 2.24) is 0 Å². The molecule has 1 aliphatic rings. The lowest BCUT2D eigenvalue weighted by molar-refractivity contribution is 0.483. The molecule has 0 atom stereocenters. The van der Waals surface area contributed by atoms with Gasteiger partial charge in [-0.3, -0.25) is 4.55 Å². The van der Waals surface area contributed by atoms with Crippen LogP contribution in [0.2, 0.25) is 1.41 Å². The van der Waals surface area contributed by atoms with E-state index in [9.17, 15) is 8.42 Å². The number of benzene rings is 1. The van der Waals surface area contributed by atoms with Crippen LogP contribution >= 0.6 is 0 Å². The average molecular weight is 200 g/mol. The normalized spacial score (nSPS) is 17.0. The third kappa shape index (κ3) is 1.52. The fraction of sp³-hybridized carbons (Fsp3) is 0.250. The van der Waals surface area contributed by atoms with Gasteiger partial charge in [0.25, 0.3) is 10.1 Å². The fourth-order valence-electron chi connectivity index (χ4n) is 1.37. The van der Waals surface area contributed by atoms with Gasteiger partial charge in [0.2, 0.25) is 0 Å². The monoisotopic (exact) mass is 200 g/mol. The summed E-state index contributed by atoms with van der Waals surface area (Å²) in [6, 6.07) is 4.26. The van der Waals surface area contributed by atoms with Crippen LogP contribution in [0.3, 0.4) is 0 Å². The largest absolute Gasteiger partial charge is 0.384 e. The van der Waals surface area contributed by atoms with Crippen molar-refractivity contribution in [2.24, 2.45) is 0 Å². The van der Waals surface area contributed by atoms with E-state index in [2.05, 4.69) is 0 Å². The van der Waals surface area contributed by atoms with Crippen molar-refractivity contribution in [3.8, 4) is 0 Å². The predicted molar refractivity (Wildman–Crippen MR) is 48.5 cm³/mol. The number of rotatable bonds is 1. The molecule has 13 heavy (non-hydrogen) atoms. The van der Waals surface area contributed by atoms with Gasteiger partial charge in [-0.1, -0.05) is 0 Å². The standard InChI is InChI=1S/C8H9NO3S/c10-13(11,12)7-1-2-8-6(5-7)3-4-9-8/h1-2,5,9H,3-4H2,(H,10,11,12)/i/hD. The summed E-state index contributed by atoms with van der Waals surface area (Å²) in [5, 5.41) is 1.31. The van der Waals surface area contributed by atoms with Gasteiger partial charge in [-0.15, -0.1) is 0 Å². The van der Waals surface area contributed by atoms with Crippen molar-refractivity contribution in [2.75, 3.05) is 11.9 Å². The summed E-state index contributed by atoms with van der Waals surface area (Å²) in [5.41, 5.74) is 1.49. The highest BCUT2D eigenvalue weighted by molar-refractivity contribution is 7.85. The van der Waals surface area contributed by atoms with Gasteiger partial charge in [-0.25, -0.2) is 0 Å². The molecule has 1 aliphatic heterocycles. The van der Waals surface area contributed by atoms with Crippen molar-refractivity contribution in [3.63, 3.8) is 0 Å². The molecule has 5 heteroatoms. The molecule has 0 radical (unpaired) electrons. The minimum absolute atomic E-state index is 0.105. The molecule has 2 rings (SSSR count). The zero-order valence-electron chi connectivity index (χ0n) is 7.77. The topological polar surface area (TPSA) is 66.4 Å². The summed E-state index contributed by atoms with van der Waals surface area (Å²) in [6.07, 6.45) is 0.641. The Bertz CT molecular complexity index is 471. The lowest BCUT2D eigenvalue weighted by Crippen LogP contribution is -1.98. The molecule has 0 spiro atoms. The zero-order valence-corrected chi connectivity index (χ0v) is 7.58. The molecule has 0 amide bonds. The maximum atomic E-state index is 10.8. The molecule has 0 bridgehead atoms. The highest BCUT2D eigenvalue weighted by Crippen LogP contribution is 2.24. The molecule has 0 aliphatic carbocycles. The fourth-order valence-corrected chi connectivity index (χ4v) is 1.90. The molecule has 70 valence electrons. The van der Waals surface area contributed by atoms with Crippen LogP contribution in [0, 0.1) is 0 Å². The Morgan fingerprint density at radius 3 is 3.00 bits per heavy atom. The number of hydrogen-bond donors (Lipinski definition) is 2. The molecule has 1 aromatic rings. The quantitative estimate of drug-likeness (QED) is 0.661. The Kier molecular flexibility index (Phi) is 1.53. The maximum Gasteiger partial charge on any atom is 0.294 e. The van der Waals surface area contributed by atoms with E-state index in [0.717, 1.165) is 5.56 Å². The summed E-state index contributed by atoms with van der Waals surface area (Å²) in [5.74, 6) is 0. The first-order valence-electron chi connectivity index (χ1n) is 4.30. The number of hydrogen-bond acceptors (Lipinski definition) is 3. The summed E-state index contributed by atoms with van der Waals surface area (Å²) >= 11 is 0. The second-order valence-electron chi connectivity index (χ2n) is 2.90. The third-order valence-electron chi connectivity index (χ3n) is 2.01. The van der Waals surface area contributed by atoms with Crippen molar-refractivity contribution < 1.29 is 14.4 Å². The van der Waals surface area contributed by atoms with Crippen LogP contribution < -0.4 is 5.31 Å². The smallest absolute Gasteiger partial charge is 0.294 e. The Hall–Kier alpha value is -1.07. The van der Waals surface area contributed by atoms with Gasteiger partial charge in [0, 0.05) is 12.2 Å². The molecule has 4 nitrogen and oxygen atoms in total. The first kappa shape index (κ1) is 7.34. The molecule has 0 aromatic heterocycles. The molecule has 0 saturated carbocycles. The van der Waals surface area contributed by atoms with Crippen LogP contribution in [-0.4, -0.2) is 19.5 Å². The maximum absolute atomic E-state index is 10.8. The molecule has 1 heterocycles. The van der Waals surface area contributed by atoms with Crippen LogP contribution in [0.4, 0.5) is 5.69 Å². The van der Waals surface area contributed by atoms with Gasteiger partial charge in [0.15, 0.2) is 1.41 Å². The third-order valence-corrected chi connectivity index (χ3v) is 2.86. The van der Waals surface area contributed by atoms with Gasteiger partial charge in [-0.2, -0.15) is 8.42 Å². The van der Waals surface area contributed by atoms with E-state index in [4.69, 9.17) is 5.96 Å². The van der Waals surface area contributed by atoms with E-state index >= 15 is 0 Å². The highest BCUT2D eigenvalue weighted by Gasteiger charge is 2.15. The van der Waals surface area contributed by atoms with Crippen LogP contribution in [0.15, 0.2) is 23.1 Å². The van der Waals surface area contributed by atoms with Crippen LogP contribution in [-0.2, 0) is 16.5 Å². The minimum Gasteiger partial charge on any atom is -0.384 e. The highest BCUT2D eigenvalue weighted by atomic mass is 32.2. The Balaban J connectivity index is 2.53. The summed E-state index contributed by atoms with van der Waals surface area (Å²) in [6.45, 7) is 0.560. The van der Waals surface area contributed by atoms with E-state index in [1.54, 1.807) is 6.07 Å². The van der Waals surface area contributed by atoms with E-state index in [1.807, 2.05) is 0 Å². The lowest BCUT2D eigenvalue weighted by atomic mass is 10.2. The van der Waals surface area contributed by atoms with E-state index < -0.39 is 10.1 Å². The van der Waals surface area contributed by atoms with E-state index in [1.165, 1.54) is 17.4 Å². The van der Waals surface area contributed by atoms with Gasteiger partial charge in [0.05, 0.1) is 4.90 Å². The number of anilines is 1. The van der Waals surface area contributed by atoms with Gasteiger partial charge in [-0.05, 0) is 30.2 Å². The summed E-state index contributed by atoms with van der Waals surface area (Å²) in [4.78, 5) is -0.105. The average Bonchev–Trinajstić information content (AvgIpc) is 2.46. The van der Waals surface area contributed by atoms with Gasteiger partial charge < -0.3 is 5.31 Å². The molecule has 1 aromatic carbocycles. The first-order chi connectivity index (χ1) is 6.48. The van der Waals surface area contributed by atoms with Crippen LogP contribution in [0.25, 0.3) is 0 Å². The van der Waals surface area contributed by atoms with Crippen LogP contribution in [0.5, 0.6) is 0 Å². The second-order valence-corrected chi connectivity index (χ2v) is 4.32. The minimum atomic E-state index is -4.12. The van der Waals surface area contributed by atoms with E-state index in [-0.39, 0.29) is 4.90 Å². The Morgan fingerprint density at radius 1 is 1.54 bits per heavy atom. The first-order valence-corrected chi connectivity index (χ1v) is 5.29. The molecular weight excluding hydrogens is 190 g/mol. The van der Waals surface area contributed by atoms with Crippen molar-refractivity contribution in [1.29, 1.82) is 0 Å². The number of fused-ring (bicyclic) bond motifs is 1. The van der Waals surface area contributed by atoms with Crippen molar-refractivity contribution in [3.05, 3.63) is 23.8 Å². The molecule has 0 saturated heterocycles. The van der Waals surface area contributed by atoms with Gasteiger partial charge >= 0.3 is 0 Å². The molecule has 2 N–H and O–H groups in total. The van der Waals surface area contributed by atoms with E-state index in [0.29, 0.717) is 18.7 Å². The molecule has 0 unspecified atom stereocenters. The SMILES string of the molecule is [2H]N1CCc2cc(S(=O)(=O)O)ccc21. The molecule has 0 fully saturated rings.